The van der Waals surface area contributed by atoms with E-state index in [1.807, 2.05) is 0 Å². The number of hydrogen-bond donors (Lipinski definition) is 0. The van der Waals surface area contributed by atoms with Crippen LogP contribution in [0.3, 0.4) is 0 Å². The number of benzene rings is 2. The zero-order chi connectivity index (χ0) is 19.3. The molecule has 3 rings (SSSR count). The Hall–Kier alpha value is -2.72. The van der Waals surface area contributed by atoms with Crippen molar-refractivity contribution in [2.24, 2.45) is 0 Å². The maximum absolute atomic E-state index is 12.8. The van der Waals surface area contributed by atoms with Crippen LogP contribution in [-0.2, 0) is 20.2 Å². The van der Waals surface area contributed by atoms with Crippen LogP contribution in [0.5, 0.6) is 11.5 Å². The van der Waals surface area contributed by atoms with Crippen LogP contribution >= 0.6 is 0 Å². The topological polar surface area (TPSA) is 121 Å². The number of carbonyl (C=O) groups is 2. The Morgan fingerprint density at radius 1 is 0.654 bits per heavy atom. The minimum atomic E-state index is -4.00. The lowest BCUT2D eigenvalue weighted by Crippen LogP contribution is -2.24. The van der Waals surface area contributed by atoms with Gasteiger partial charge < -0.3 is 8.37 Å². The average molecular weight is 396 g/mol. The van der Waals surface area contributed by atoms with Gasteiger partial charge in [-0.15, -0.1) is 0 Å². The van der Waals surface area contributed by atoms with Crippen molar-refractivity contribution in [3.05, 3.63) is 58.7 Å². The van der Waals surface area contributed by atoms with Crippen molar-refractivity contribution in [2.75, 3.05) is 12.5 Å². The van der Waals surface area contributed by atoms with E-state index >= 15 is 0 Å². The Morgan fingerprint density at radius 2 is 1.00 bits per heavy atom. The molecule has 2 aromatic rings. The number of carbonyl (C=O) groups excluding carboxylic acids is 2. The molecule has 0 heterocycles. The van der Waals surface area contributed by atoms with E-state index in [4.69, 9.17) is 8.37 Å². The van der Waals surface area contributed by atoms with Gasteiger partial charge in [0.1, 0.15) is 0 Å². The molecule has 0 bridgehead atoms. The Kier molecular flexibility index (Phi) is 4.12. The standard InChI is InChI=1S/C16H12O8S2/c1-25(19,20)23-11-7-8-12(24-26(2,21)22)14-13(11)15(17)9-5-3-4-6-10(9)16(14)18/h3-8H,1-2H3. The zero-order valence-corrected chi connectivity index (χ0v) is 15.2. The summed E-state index contributed by atoms with van der Waals surface area (Å²) in [5, 5.41) is 0. The third-order valence-corrected chi connectivity index (χ3v) is 4.45. The maximum atomic E-state index is 12.8. The molecule has 0 N–H and O–H groups in total. The Morgan fingerprint density at radius 3 is 1.31 bits per heavy atom. The molecule has 1 aliphatic rings. The maximum Gasteiger partial charge on any atom is 0.306 e. The monoisotopic (exact) mass is 396 g/mol. The number of rotatable bonds is 4. The Balaban J connectivity index is 2.34. The molecule has 8 nitrogen and oxygen atoms in total. The van der Waals surface area contributed by atoms with Crippen LogP contribution in [0.2, 0.25) is 0 Å². The SMILES string of the molecule is CS(=O)(=O)Oc1ccc(OS(C)(=O)=O)c2c1C(=O)c1ccccc1C2=O. The van der Waals surface area contributed by atoms with Crippen molar-refractivity contribution in [3.63, 3.8) is 0 Å². The van der Waals surface area contributed by atoms with Gasteiger partial charge in [-0.1, -0.05) is 24.3 Å². The molecule has 1 aliphatic carbocycles. The lowest BCUT2D eigenvalue weighted by atomic mass is 9.83. The Labute approximate surface area is 149 Å². The van der Waals surface area contributed by atoms with Gasteiger partial charge in [0, 0.05) is 11.1 Å². The van der Waals surface area contributed by atoms with E-state index in [9.17, 15) is 26.4 Å². The van der Waals surface area contributed by atoms with Crippen LogP contribution in [-0.4, -0.2) is 40.9 Å². The van der Waals surface area contributed by atoms with Crippen molar-refractivity contribution in [3.8, 4) is 11.5 Å². The summed E-state index contributed by atoms with van der Waals surface area (Å²) < 4.78 is 55.6. The second-order valence-electron chi connectivity index (χ2n) is 5.59. The first-order valence-corrected chi connectivity index (χ1v) is 10.8. The molecule has 0 radical (unpaired) electrons. The largest absolute Gasteiger partial charge is 0.382 e. The highest BCUT2D eigenvalue weighted by atomic mass is 32.2. The lowest BCUT2D eigenvalue weighted by Gasteiger charge is -2.21. The zero-order valence-electron chi connectivity index (χ0n) is 13.5. The molecule has 0 aromatic heterocycles. The molecule has 0 amide bonds. The number of ketones is 2. The van der Waals surface area contributed by atoms with E-state index in [0.717, 1.165) is 24.6 Å². The second-order valence-corrected chi connectivity index (χ2v) is 8.74. The molecule has 0 spiro atoms. The van der Waals surface area contributed by atoms with Gasteiger partial charge in [0.15, 0.2) is 23.1 Å². The van der Waals surface area contributed by atoms with Gasteiger partial charge in [-0.25, -0.2) is 0 Å². The summed E-state index contributed by atoms with van der Waals surface area (Å²) >= 11 is 0. The molecule has 0 atom stereocenters. The van der Waals surface area contributed by atoms with Crippen molar-refractivity contribution in [1.29, 1.82) is 0 Å². The van der Waals surface area contributed by atoms with Gasteiger partial charge in [-0.2, -0.15) is 16.8 Å². The molecule has 0 fully saturated rings. The normalized spacial score (nSPS) is 13.8. The fraction of sp³-hybridized carbons (Fsp3) is 0.125. The highest BCUT2D eigenvalue weighted by molar-refractivity contribution is 7.86. The summed E-state index contributed by atoms with van der Waals surface area (Å²) in [6.07, 6.45) is 1.56. The van der Waals surface area contributed by atoms with E-state index in [1.54, 1.807) is 12.1 Å². The summed E-state index contributed by atoms with van der Waals surface area (Å²) in [5.74, 6) is -2.10. The lowest BCUT2D eigenvalue weighted by molar-refractivity contribution is 0.0976. The third-order valence-electron chi connectivity index (χ3n) is 3.48. The number of hydrogen-bond acceptors (Lipinski definition) is 8. The van der Waals surface area contributed by atoms with Crippen LogP contribution < -0.4 is 8.37 Å². The first-order valence-electron chi connectivity index (χ1n) is 7.12. The average Bonchev–Trinajstić information content (AvgIpc) is 2.51. The number of fused-ring (bicyclic) bond motifs is 2. The summed E-state index contributed by atoms with van der Waals surface area (Å²) in [4.78, 5) is 25.7. The molecule has 10 heteroatoms. The quantitative estimate of drug-likeness (QED) is 0.602. The minimum Gasteiger partial charge on any atom is -0.382 e. The van der Waals surface area contributed by atoms with Crippen molar-refractivity contribution in [2.45, 2.75) is 0 Å². The molecular formula is C16H12O8S2. The van der Waals surface area contributed by atoms with Crippen LogP contribution in [0.15, 0.2) is 36.4 Å². The molecule has 0 aliphatic heterocycles. The van der Waals surface area contributed by atoms with Crippen LogP contribution in [0.1, 0.15) is 31.8 Å². The van der Waals surface area contributed by atoms with Gasteiger partial charge in [-0.05, 0) is 12.1 Å². The predicted molar refractivity (Wildman–Crippen MR) is 90.7 cm³/mol. The highest BCUT2D eigenvalue weighted by Crippen LogP contribution is 2.39. The summed E-state index contributed by atoms with van der Waals surface area (Å²) in [5.41, 5.74) is -0.611. The molecule has 136 valence electrons. The molecule has 0 saturated carbocycles. The van der Waals surface area contributed by atoms with Gasteiger partial charge in [-0.3, -0.25) is 9.59 Å². The van der Waals surface area contributed by atoms with Gasteiger partial charge in [0.05, 0.1) is 23.6 Å². The molecule has 0 unspecified atom stereocenters. The second kappa shape index (κ2) is 5.92. The smallest absolute Gasteiger partial charge is 0.306 e. The fourth-order valence-corrected chi connectivity index (χ4v) is 3.56. The first-order chi connectivity index (χ1) is 12.0. The summed E-state index contributed by atoms with van der Waals surface area (Å²) in [6, 6.07) is 8.05. The first kappa shape index (κ1) is 18.1. The van der Waals surface area contributed by atoms with E-state index in [0.29, 0.717) is 0 Å². The third kappa shape index (κ3) is 3.33. The van der Waals surface area contributed by atoms with E-state index in [1.165, 1.54) is 12.1 Å². The van der Waals surface area contributed by atoms with E-state index in [2.05, 4.69) is 0 Å². The summed E-state index contributed by atoms with van der Waals surface area (Å²) in [6.45, 7) is 0. The molecule has 0 saturated heterocycles. The van der Waals surface area contributed by atoms with Crippen LogP contribution in [0, 0.1) is 0 Å². The van der Waals surface area contributed by atoms with Crippen LogP contribution in [0.25, 0.3) is 0 Å². The van der Waals surface area contributed by atoms with Crippen molar-refractivity contribution < 1.29 is 34.8 Å². The van der Waals surface area contributed by atoms with Crippen LogP contribution in [0.4, 0.5) is 0 Å². The van der Waals surface area contributed by atoms with Gasteiger partial charge >= 0.3 is 20.2 Å². The predicted octanol–water partition coefficient (Wildman–Crippen LogP) is 1.14. The Bertz CT molecular complexity index is 1070. The summed E-state index contributed by atoms with van der Waals surface area (Å²) in [7, 11) is -8.00. The minimum absolute atomic E-state index is 0.0554. The fourth-order valence-electron chi connectivity index (χ4n) is 2.63. The highest BCUT2D eigenvalue weighted by Gasteiger charge is 2.36. The van der Waals surface area contributed by atoms with Crippen molar-refractivity contribution >= 4 is 31.8 Å². The molecule has 26 heavy (non-hydrogen) atoms. The van der Waals surface area contributed by atoms with Gasteiger partial charge in [0.25, 0.3) is 0 Å². The van der Waals surface area contributed by atoms with E-state index < -0.39 is 31.8 Å². The molecule has 2 aromatic carbocycles. The van der Waals surface area contributed by atoms with Gasteiger partial charge in [0.2, 0.25) is 0 Å². The van der Waals surface area contributed by atoms with Crippen molar-refractivity contribution in [1.82, 2.24) is 0 Å². The van der Waals surface area contributed by atoms with E-state index in [-0.39, 0.29) is 33.8 Å². The molecular weight excluding hydrogens is 384 g/mol.